The molecule has 0 amide bonds. The molecule has 0 spiro atoms. The summed E-state index contributed by atoms with van der Waals surface area (Å²) >= 11 is 0. The topological polar surface area (TPSA) is 0 Å². The zero-order valence-corrected chi connectivity index (χ0v) is 41.7. The Labute approximate surface area is 299 Å². The van der Waals surface area contributed by atoms with E-state index < -0.39 is 0 Å². The van der Waals surface area contributed by atoms with Crippen LogP contribution in [0.25, 0.3) is 0 Å². The molecule has 0 N–H and O–H groups in total. The van der Waals surface area contributed by atoms with Crippen molar-refractivity contribution in [3.63, 3.8) is 0 Å². The van der Waals surface area contributed by atoms with Gasteiger partial charge in [0.25, 0.3) is 0 Å². The maximum Gasteiger partial charge on any atom is -0.0396 e. The molecule has 0 aliphatic rings. The first-order chi connectivity index (χ1) is 21.2. The Morgan fingerprint density at radius 1 is 0.250 bits per heavy atom. The van der Waals surface area contributed by atoms with Gasteiger partial charge in [0.2, 0.25) is 0 Å². The van der Waals surface area contributed by atoms with Crippen LogP contribution in [0.15, 0.2) is 0 Å². The number of hydrogen-bond acceptors (Lipinski definition) is 0. The summed E-state index contributed by atoms with van der Waals surface area (Å²) in [7, 11) is 0. The van der Waals surface area contributed by atoms with E-state index in [9.17, 15) is 0 Å². The zero-order valence-electron chi connectivity index (χ0n) is 41.7. The average Bonchev–Trinajstić information content (AvgIpc) is 3.16. The van der Waals surface area contributed by atoms with Crippen molar-refractivity contribution >= 4 is 0 Å². The highest BCUT2D eigenvalue weighted by molar-refractivity contribution is 4.59. The molecule has 0 radical (unpaired) electrons. The van der Waals surface area contributed by atoms with Gasteiger partial charge in [-0.15, -0.1) is 0 Å². The Hall–Kier alpha value is 0. The van der Waals surface area contributed by atoms with Crippen molar-refractivity contribution in [1.29, 1.82) is 0 Å². The lowest BCUT2D eigenvalue weighted by atomic mass is 9.88. The molecular formula is C44H122. The molecule has 0 aromatic carbocycles. The molecule has 0 nitrogen and oxygen atoms in total. The third kappa shape index (κ3) is 706. The van der Waals surface area contributed by atoms with Crippen LogP contribution in [0.1, 0.15) is 276 Å². The van der Waals surface area contributed by atoms with Gasteiger partial charge in [-0.05, 0) is 23.7 Å². The fraction of sp³-hybridized carbons (Fsp3) is 1.00. The van der Waals surface area contributed by atoms with Gasteiger partial charge in [0.15, 0.2) is 0 Å². The monoisotopic (exact) mass is 651 g/mol. The quantitative estimate of drug-likeness (QED) is 0.285. The van der Waals surface area contributed by atoms with E-state index in [1.54, 1.807) is 0 Å². The standard InChI is InChI=1S/C8H18.C5H12.C3H8.14C2H6/c1-6(2)8(5)7(3)4;1-4-5(2)3;1-3-2;14*1-2/h6-8H,1-5H3;5H,4H2,1-3H3;3H2,1-2H3;14*1-2H3. The first kappa shape index (κ1) is 112. The van der Waals surface area contributed by atoms with Crippen LogP contribution in [0, 0.1) is 23.7 Å². The predicted molar refractivity (Wildman–Crippen MR) is 239 cm³/mol. The molecule has 0 heteroatoms. The van der Waals surface area contributed by atoms with Gasteiger partial charge >= 0.3 is 0 Å². The number of hydrogen-bond donors (Lipinski definition) is 0. The highest BCUT2D eigenvalue weighted by Crippen LogP contribution is 2.18. The lowest BCUT2D eigenvalue weighted by Gasteiger charge is -2.18. The van der Waals surface area contributed by atoms with Crippen molar-refractivity contribution in [3.05, 3.63) is 0 Å². The van der Waals surface area contributed by atoms with E-state index in [1.807, 2.05) is 194 Å². The molecule has 0 atom stereocenters. The maximum absolute atomic E-state index is 2.31. The van der Waals surface area contributed by atoms with Gasteiger partial charge in [0.05, 0.1) is 0 Å². The van der Waals surface area contributed by atoms with Crippen LogP contribution in [-0.4, -0.2) is 0 Å². The molecule has 0 heterocycles. The Balaban J connectivity index is -0.0000000122. The van der Waals surface area contributed by atoms with Crippen molar-refractivity contribution in [3.8, 4) is 0 Å². The molecule has 0 saturated carbocycles. The average molecular weight is 651 g/mol. The van der Waals surface area contributed by atoms with Crippen molar-refractivity contribution in [2.24, 2.45) is 23.7 Å². The summed E-state index contributed by atoms with van der Waals surface area (Å²) in [6.45, 7) is 78.3. The summed E-state index contributed by atoms with van der Waals surface area (Å²) in [5, 5.41) is 0. The summed E-state index contributed by atoms with van der Waals surface area (Å²) in [6, 6.07) is 0. The first-order valence-corrected chi connectivity index (χ1v) is 21.2. The van der Waals surface area contributed by atoms with Gasteiger partial charge in [-0.3, -0.25) is 0 Å². The normalized spacial score (nSPS) is 5.59. The Morgan fingerprint density at radius 3 is 0.318 bits per heavy atom. The molecule has 0 aromatic rings. The van der Waals surface area contributed by atoms with Crippen molar-refractivity contribution < 1.29 is 0 Å². The van der Waals surface area contributed by atoms with E-state index in [-0.39, 0.29) is 0 Å². The van der Waals surface area contributed by atoms with E-state index in [4.69, 9.17) is 0 Å². The van der Waals surface area contributed by atoms with Crippen LogP contribution < -0.4 is 0 Å². The zero-order chi connectivity index (χ0) is 41.7. The molecule has 0 saturated heterocycles. The number of rotatable bonds is 3. The van der Waals surface area contributed by atoms with E-state index >= 15 is 0 Å². The van der Waals surface area contributed by atoms with Crippen LogP contribution in [0.3, 0.4) is 0 Å². The van der Waals surface area contributed by atoms with Crippen molar-refractivity contribution in [2.45, 2.75) is 276 Å². The largest absolute Gasteiger partial charge is 0.0683 e. The second kappa shape index (κ2) is 387. The highest BCUT2D eigenvalue weighted by Gasteiger charge is 2.09. The summed E-state index contributed by atoms with van der Waals surface area (Å²) < 4.78 is 0. The molecule has 0 bridgehead atoms. The van der Waals surface area contributed by atoms with Crippen LogP contribution in [0.2, 0.25) is 0 Å². The van der Waals surface area contributed by atoms with E-state index in [0.717, 1.165) is 23.7 Å². The lowest BCUT2D eigenvalue weighted by Crippen LogP contribution is -2.10. The van der Waals surface area contributed by atoms with Crippen LogP contribution in [0.4, 0.5) is 0 Å². The van der Waals surface area contributed by atoms with E-state index in [1.165, 1.54) is 12.8 Å². The third-order valence-electron chi connectivity index (χ3n) is 2.92. The third-order valence-corrected chi connectivity index (χ3v) is 2.92. The molecule has 44 heavy (non-hydrogen) atoms. The first-order valence-electron chi connectivity index (χ1n) is 21.2. The summed E-state index contributed by atoms with van der Waals surface area (Å²) in [4.78, 5) is 0. The Kier molecular flexibility index (Phi) is 982. The van der Waals surface area contributed by atoms with Crippen LogP contribution in [0.5, 0.6) is 0 Å². The van der Waals surface area contributed by atoms with Crippen molar-refractivity contribution in [2.75, 3.05) is 0 Å². The molecule has 0 rings (SSSR count). The minimum atomic E-state index is 0.843. The molecule has 0 unspecified atom stereocenters. The van der Waals surface area contributed by atoms with Gasteiger partial charge in [0, 0.05) is 0 Å². The second-order valence-electron chi connectivity index (χ2n) is 5.86. The fourth-order valence-electron chi connectivity index (χ4n) is 0.770. The van der Waals surface area contributed by atoms with E-state index in [2.05, 4.69) is 69.2 Å². The highest BCUT2D eigenvalue weighted by atomic mass is 14.2. The predicted octanol–water partition coefficient (Wildman–Crippen LogP) is 20.8. The SMILES string of the molecule is CC.CC.CC.CC.CC.CC.CC.CC.CC.CC.CC.CC.CC.CC.CC(C)C(C)C(C)C.CCC.CCC(C)C. The molecule has 0 fully saturated rings. The lowest BCUT2D eigenvalue weighted by molar-refractivity contribution is 0.316. The van der Waals surface area contributed by atoms with Gasteiger partial charge < -0.3 is 0 Å². The summed E-state index contributed by atoms with van der Waals surface area (Å²) in [6.07, 6.45) is 2.56. The van der Waals surface area contributed by atoms with Gasteiger partial charge in [-0.2, -0.15) is 0 Å². The Bertz CT molecular complexity index is 92.6. The summed E-state index contributed by atoms with van der Waals surface area (Å²) in [5.41, 5.74) is 0. The molecular weight excluding hydrogens is 528 g/mol. The van der Waals surface area contributed by atoms with Gasteiger partial charge in [-0.25, -0.2) is 0 Å². The summed E-state index contributed by atoms with van der Waals surface area (Å²) in [5.74, 6) is 3.44. The molecule has 0 aliphatic heterocycles. The minimum Gasteiger partial charge on any atom is -0.0683 e. The smallest absolute Gasteiger partial charge is 0.0396 e. The van der Waals surface area contributed by atoms with Crippen LogP contribution >= 0.6 is 0 Å². The minimum absolute atomic E-state index is 0.843. The van der Waals surface area contributed by atoms with Gasteiger partial charge in [-0.1, -0.05) is 276 Å². The molecule has 0 aromatic heterocycles. The van der Waals surface area contributed by atoms with Crippen molar-refractivity contribution in [1.82, 2.24) is 0 Å². The molecule has 298 valence electrons. The Morgan fingerprint density at radius 2 is 0.318 bits per heavy atom. The maximum atomic E-state index is 2.31. The van der Waals surface area contributed by atoms with Crippen LogP contribution in [-0.2, 0) is 0 Å². The second-order valence-corrected chi connectivity index (χ2v) is 5.86. The molecule has 0 aliphatic carbocycles. The van der Waals surface area contributed by atoms with E-state index in [0.29, 0.717) is 0 Å². The van der Waals surface area contributed by atoms with Gasteiger partial charge in [0.1, 0.15) is 0 Å². The fourth-order valence-corrected chi connectivity index (χ4v) is 0.770.